The van der Waals surface area contributed by atoms with E-state index >= 15 is 0 Å². The number of carbonyl (C=O) groups excluding carboxylic acids is 2. The van der Waals surface area contributed by atoms with Gasteiger partial charge in [0.05, 0.1) is 19.6 Å². The summed E-state index contributed by atoms with van der Waals surface area (Å²) < 4.78 is 0. The lowest BCUT2D eigenvalue weighted by atomic mass is 9.75. The van der Waals surface area contributed by atoms with E-state index < -0.39 is 0 Å². The molecule has 1 heterocycles. The molecule has 19 heavy (non-hydrogen) atoms. The van der Waals surface area contributed by atoms with Gasteiger partial charge in [-0.25, -0.2) is 0 Å². The first kappa shape index (κ1) is 14.3. The molecular formula is C14H26N3O2+. The van der Waals surface area contributed by atoms with Crippen molar-refractivity contribution >= 4 is 11.8 Å². The van der Waals surface area contributed by atoms with Crippen LogP contribution in [-0.4, -0.2) is 45.0 Å². The van der Waals surface area contributed by atoms with Gasteiger partial charge in [-0.3, -0.25) is 9.59 Å². The number of amides is 2. The molecular weight excluding hydrogens is 242 g/mol. The molecule has 2 rings (SSSR count). The van der Waals surface area contributed by atoms with E-state index in [-0.39, 0.29) is 18.4 Å². The van der Waals surface area contributed by atoms with Crippen molar-refractivity contribution in [2.75, 3.05) is 33.2 Å². The molecule has 3 atom stereocenters. The third kappa shape index (κ3) is 4.20. The van der Waals surface area contributed by atoms with Crippen LogP contribution < -0.4 is 15.5 Å². The fourth-order valence-corrected chi connectivity index (χ4v) is 3.51. The largest absolute Gasteiger partial charge is 0.358 e. The monoisotopic (exact) mass is 268 g/mol. The molecule has 1 saturated carbocycles. The fraction of sp³-hybridized carbons (Fsp3) is 0.857. The zero-order chi connectivity index (χ0) is 13.7. The van der Waals surface area contributed by atoms with Crippen molar-refractivity contribution in [2.24, 2.45) is 11.8 Å². The smallest absolute Gasteiger partial charge is 0.275 e. The second-order valence-corrected chi connectivity index (χ2v) is 5.92. The summed E-state index contributed by atoms with van der Waals surface area (Å²) in [6.45, 7) is 2.85. The summed E-state index contributed by atoms with van der Waals surface area (Å²) in [5.74, 6) is 1.58. The summed E-state index contributed by atoms with van der Waals surface area (Å²) in [4.78, 5) is 24.2. The van der Waals surface area contributed by atoms with E-state index in [0.29, 0.717) is 6.54 Å². The van der Waals surface area contributed by atoms with Crippen LogP contribution in [0.15, 0.2) is 0 Å². The lowest BCUT2D eigenvalue weighted by molar-refractivity contribution is -0.902. The number of hydrogen-bond acceptors (Lipinski definition) is 2. The standard InChI is InChI=1S/C14H25N3O2/c1-15-13(18)8-16-14(19)10-17-7-6-11-4-2-3-5-12(11)9-17/h11-12H,2-10H2,1H3,(H,15,18)(H,16,19)/p+1/t11-,12+/m0/s1. The molecule has 1 aliphatic carbocycles. The van der Waals surface area contributed by atoms with Crippen molar-refractivity contribution in [1.29, 1.82) is 0 Å². The molecule has 0 spiro atoms. The number of piperidine rings is 1. The maximum Gasteiger partial charge on any atom is 0.275 e. The number of nitrogens with one attached hydrogen (secondary N) is 3. The number of carbonyl (C=O) groups is 2. The van der Waals surface area contributed by atoms with E-state index in [0.717, 1.165) is 24.9 Å². The van der Waals surface area contributed by atoms with Crippen molar-refractivity contribution in [1.82, 2.24) is 10.6 Å². The van der Waals surface area contributed by atoms with Crippen LogP contribution in [0, 0.1) is 11.8 Å². The molecule has 108 valence electrons. The van der Waals surface area contributed by atoms with Gasteiger partial charge < -0.3 is 15.5 Å². The first-order valence-corrected chi connectivity index (χ1v) is 7.50. The molecule has 1 aliphatic heterocycles. The maximum absolute atomic E-state index is 11.8. The minimum Gasteiger partial charge on any atom is -0.358 e. The zero-order valence-corrected chi connectivity index (χ0v) is 11.8. The van der Waals surface area contributed by atoms with E-state index in [9.17, 15) is 9.59 Å². The summed E-state index contributed by atoms with van der Waals surface area (Å²) in [5.41, 5.74) is 0. The Morgan fingerprint density at radius 2 is 1.84 bits per heavy atom. The lowest BCUT2D eigenvalue weighted by Gasteiger charge is -2.38. The van der Waals surface area contributed by atoms with E-state index in [1.54, 1.807) is 7.05 Å². The van der Waals surface area contributed by atoms with E-state index in [1.807, 2.05) is 0 Å². The molecule has 2 fully saturated rings. The molecule has 0 aromatic carbocycles. The van der Waals surface area contributed by atoms with Crippen LogP contribution in [0.5, 0.6) is 0 Å². The Labute approximate surface area is 115 Å². The molecule has 5 nitrogen and oxygen atoms in total. The van der Waals surface area contributed by atoms with Gasteiger partial charge in [0, 0.05) is 13.0 Å². The zero-order valence-electron chi connectivity index (χ0n) is 11.8. The average molecular weight is 268 g/mol. The topological polar surface area (TPSA) is 62.6 Å². The van der Waals surface area contributed by atoms with Crippen LogP contribution >= 0.6 is 0 Å². The highest BCUT2D eigenvalue weighted by atomic mass is 16.2. The second kappa shape index (κ2) is 6.89. The van der Waals surface area contributed by atoms with Gasteiger partial charge in [-0.15, -0.1) is 0 Å². The molecule has 0 radical (unpaired) electrons. The van der Waals surface area contributed by atoms with Crippen molar-refractivity contribution in [3.05, 3.63) is 0 Å². The normalized spacial score (nSPS) is 30.3. The van der Waals surface area contributed by atoms with Crippen LogP contribution in [0.2, 0.25) is 0 Å². The number of quaternary nitrogens is 1. The number of likely N-dealkylation sites (tertiary alicyclic amines) is 1. The van der Waals surface area contributed by atoms with Crippen molar-refractivity contribution < 1.29 is 14.5 Å². The Kier molecular flexibility index (Phi) is 5.19. The number of hydrogen-bond donors (Lipinski definition) is 3. The fourth-order valence-electron chi connectivity index (χ4n) is 3.51. The van der Waals surface area contributed by atoms with E-state index in [4.69, 9.17) is 0 Å². The predicted octanol–water partition coefficient (Wildman–Crippen LogP) is -1.06. The van der Waals surface area contributed by atoms with Crippen LogP contribution in [0.4, 0.5) is 0 Å². The van der Waals surface area contributed by atoms with Gasteiger partial charge in [0.1, 0.15) is 0 Å². The van der Waals surface area contributed by atoms with Gasteiger partial charge in [0.25, 0.3) is 5.91 Å². The van der Waals surface area contributed by atoms with Crippen molar-refractivity contribution in [3.63, 3.8) is 0 Å². The average Bonchev–Trinajstić information content (AvgIpc) is 2.44. The SMILES string of the molecule is CNC(=O)CNC(=O)C[NH+]1CC[C@@H]2CCCC[C@@H]2C1. The van der Waals surface area contributed by atoms with Crippen LogP contribution in [0.1, 0.15) is 32.1 Å². The van der Waals surface area contributed by atoms with Gasteiger partial charge >= 0.3 is 0 Å². The predicted molar refractivity (Wildman–Crippen MR) is 72.7 cm³/mol. The van der Waals surface area contributed by atoms with Crippen molar-refractivity contribution in [2.45, 2.75) is 32.1 Å². The molecule has 1 saturated heterocycles. The summed E-state index contributed by atoms with van der Waals surface area (Å²) in [6.07, 6.45) is 6.75. The summed E-state index contributed by atoms with van der Waals surface area (Å²) in [7, 11) is 1.58. The number of rotatable bonds is 4. The number of fused-ring (bicyclic) bond motifs is 1. The van der Waals surface area contributed by atoms with Crippen LogP contribution in [-0.2, 0) is 9.59 Å². The quantitative estimate of drug-likeness (QED) is 0.609. The highest BCUT2D eigenvalue weighted by molar-refractivity contribution is 5.84. The highest BCUT2D eigenvalue weighted by Gasteiger charge is 2.34. The second-order valence-electron chi connectivity index (χ2n) is 5.92. The molecule has 1 unspecified atom stereocenters. The van der Waals surface area contributed by atoms with Gasteiger partial charge in [-0.05, 0) is 25.2 Å². The minimum absolute atomic E-state index is 0.00661. The van der Waals surface area contributed by atoms with Crippen LogP contribution in [0.25, 0.3) is 0 Å². The lowest BCUT2D eigenvalue weighted by Crippen LogP contribution is -3.15. The van der Waals surface area contributed by atoms with E-state index in [2.05, 4.69) is 10.6 Å². The molecule has 2 aliphatic rings. The molecule has 0 aromatic heterocycles. The molecule has 3 N–H and O–H groups in total. The Bertz CT molecular complexity index is 333. The molecule has 2 amide bonds. The van der Waals surface area contributed by atoms with Gasteiger partial charge in [-0.1, -0.05) is 12.8 Å². The summed E-state index contributed by atoms with van der Waals surface area (Å²) in [6, 6.07) is 0. The summed E-state index contributed by atoms with van der Waals surface area (Å²) >= 11 is 0. The minimum atomic E-state index is -0.144. The van der Waals surface area contributed by atoms with Gasteiger partial charge in [0.2, 0.25) is 5.91 Å². The highest BCUT2D eigenvalue weighted by Crippen LogP contribution is 2.32. The maximum atomic E-state index is 11.8. The Morgan fingerprint density at radius 1 is 1.11 bits per heavy atom. The van der Waals surface area contributed by atoms with Gasteiger partial charge in [0.15, 0.2) is 6.54 Å². The third-order valence-corrected chi connectivity index (χ3v) is 4.62. The Balaban J connectivity index is 1.71. The summed E-state index contributed by atoms with van der Waals surface area (Å²) in [5, 5.41) is 5.18. The van der Waals surface area contributed by atoms with Gasteiger partial charge in [-0.2, -0.15) is 0 Å². The first-order chi connectivity index (χ1) is 9.19. The van der Waals surface area contributed by atoms with E-state index in [1.165, 1.54) is 37.0 Å². The Hall–Kier alpha value is -1.10. The van der Waals surface area contributed by atoms with Crippen LogP contribution in [0.3, 0.4) is 0 Å². The molecule has 5 heteroatoms. The van der Waals surface area contributed by atoms with Crippen molar-refractivity contribution in [3.8, 4) is 0 Å². The first-order valence-electron chi connectivity index (χ1n) is 7.50. The third-order valence-electron chi connectivity index (χ3n) is 4.62. The molecule has 0 aromatic rings. The Morgan fingerprint density at radius 3 is 2.58 bits per heavy atom. The number of likely N-dealkylation sites (N-methyl/N-ethyl adjacent to an activating group) is 1. The molecule has 0 bridgehead atoms.